The summed E-state index contributed by atoms with van der Waals surface area (Å²) in [5.74, 6) is 0. The third-order valence-corrected chi connectivity index (χ3v) is 4.55. The largest absolute Gasteiger partial charge is 0.378 e. The Labute approximate surface area is 135 Å². The molecule has 0 radical (unpaired) electrons. The predicted octanol–water partition coefficient (Wildman–Crippen LogP) is 1.19. The number of hydrogen-bond acceptors (Lipinski definition) is 6. The number of aromatic nitrogens is 1. The minimum absolute atomic E-state index is 0.410. The van der Waals surface area contributed by atoms with Crippen LogP contribution in [-0.2, 0) is 6.54 Å². The fraction of sp³-hybridized carbons (Fsp3) is 0.471. The molecule has 1 atom stereocenters. The molecule has 0 spiro atoms. The van der Waals surface area contributed by atoms with Crippen molar-refractivity contribution in [3.63, 3.8) is 0 Å². The van der Waals surface area contributed by atoms with Crippen molar-refractivity contribution in [3.8, 4) is 0 Å². The molecular formula is C17H22N4O2. The molecule has 122 valence electrons. The van der Waals surface area contributed by atoms with Crippen LogP contribution in [0, 0.1) is 0 Å². The third kappa shape index (κ3) is 3.27. The molecule has 1 aromatic carbocycles. The van der Waals surface area contributed by atoms with Crippen molar-refractivity contribution >= 4 is 11.4 Å². The first-order chi connectivity index (χ1) is 11.2. The van der Waals surface area contributed by atoms with Crippen molar-refractivity contribution in [2.45, 2.75) is 32.4 Å². The quantitative estimate of drug-likeness (QED) is 0.748. The second kappa shape index (κ2) is 6.91. The summed E-state index contributed by atoms with van der Waals surface area (Å²) in [5.41, 5.74) is 1.02. The van der Waals surface area contributed by atoms with Gasteiger partial charge in [-0.2, -0.15) is 0 Å². The van der Waals surface area contributed by atoms with Crippen LogP contribution in [0.1, 0.15) is 25.3 Å². The zero-order valence-corrected chi connectivity index (χ0v) is 13.3. The second-order valence-electron chi connectivity index (χ2n) is 5.92. The first-order valence-corrected chi connectivity index (χ1v) is 8.14. The highest BCUT2D eigenvalue weighted by Crippen LogP contribution is 2.20. The minimum atomic E-state index is -0.430. The Kier molecular flexibility index (Phi) is 4.71. The average Bonchev–Trinajstić information content (AvgIpc) is 3.05. The molecule has 1 aromatic heterocycles. The number of nitrogens with zero attached hydrogens (tertiary/aromatic N) is 2. The minimum Gasteiger partial charge on any atom is -0.378 e. The molecule has 0 amide bonds. The van der Waals surface area contributed by atoms with Gasteiger partial charge in [-0.15, -0.1) is 0 Å². The lowest BCUT2D eigenvalue weighted by Gasteiger charge is -2.24. The predicted molar refractivity (Wildman–Crippen MR) is 91.7 cm³/mol. The van der Waals surface area contributed by atoms with E-state index in [1.807, 2.05) is 12.1 Å². The van der Waals surface area contributed by atoms with Gasteiger partial charge in [0.2, 0.25) is 0 Å². The molecule has 6 nitrogen and oxygen atoms in total. The maximum absolute atomic E-state index is 11.8. The summed E-state index contributed by atoms with van der Waals surface area (Å²) in [6, 6.07) is 4.20. The number of hydrogen-bond donors (Lipinski definition) is 2. The van der Waals surface area contributed by atoms with Crippen LogP contribution < -0.4 is 21.5 Å². The molecule has 2 N–H and O–H groups in total. The summed E-state index contributed by atoms with van der Waals surface area (Å²) < 4.78 is 0. The van der Waals surface area contributed by atoms with Gasteiger partial charge in [0.15, 0.2) is 0 Å². The Morgan fingerprint density at radius 3 is 2.57 bits per heavy atom. The van der Waals surface area contributed by atoms with Gasteiger partial charge in [0.25, 0.3) is 10.9 Å². The molecule has 2 heterocycles. The Morgan fingerprint density at radius 2 is 1.87 bits per heavy atom. The summed E-state index contributed by atoms with van der Waals surface area (Å²) in [5, 5.41) is 6.26. The average molecular weight is 314 g/mol. The van der Waals surface area contributed by atoms with Crippen molar-refractivity contribution in [1.29, 1.82) is 0 Å². The highest BCUT2D eigenvalue weighted by Gasteiger charge is 2.25. The maximum atomic E-state index is 11.8. The standard InChI is InChI=1S/C17H22N4O2/c1-2-21-9-3-4-13(21)11-20-15-14(16(22)17(15)23)19-10-12-5-7-18-8-6-12/h5-8,13,19-20H,2-4,9-11H2,1H3. The zero-order chi connectivity index (χ0) is 16.2. The third-order valence-electron chi connectivity index (χ3n) is 4.55. The fourth-order valence-electron chi connectivity index (χ4n) is 3.18. The van der Waals surface area contributed by atoms with Crippen LogP contribution in [0.2, 0.25) is 0 Å². The van der Waals surface area contributed by atoms with Gasteiger partial charge in [-0.3, -0.25) is 19.5 Å². The van der Waals surface area contributed by atoms with Gasteiger partial charge >= 0.3 is 0 Å². The fourth-order valence-corrected chi connectivity index (χ4v) is 3.18. The molecule has 0 bridgehead atoms. The van der Waals surface area contributed by atoms with Gasteiger partial charge in [-0.05, 0) is 43.6 Å². The highest BCUT2D eigenvalue weighted by molar-refractivity contribution is 5.74. The molecule has 1 unspecified atom stereocenters. The van der Waals surface area contributed by atoms with E-state index in [0.29, 0.717) is 30.5 Å². The highest BCUT2D eigenvalue weighted by atomic mass is 16.2. The Bertz CT molecular complexity index is 722. The van der Waals surface area contributed by atoms with Gasteiger partial charge in [-0.25, -0.2) is 0 Å². The van der Waals surface area contributed by atoms with Crippen molar-refractivity contribution in [1.82, 2.24) is 9.88 Å². The lowest BCUT2D eigenvalue weighted by molar-refractivity contribution is 0.277. The van der Waals surface area contributed by atoms with Crippen LogP contribution in [0.25, 0.3) is 0 Å². The van der Waals surface area contributed by atoms with Crippen LogP contribution in [0.3, 0.4) is 0 Å². The smallest absolute Gasteiger partial charge is 0.253 e. The summed E-state index contributed by atoms with van der Waals surface area (Å²) in [6.45, 7) is 5.50. The number of rotatable bonds is 7. The van der Waals surface area contributed by atoms with Crippen molar-refractivity contribution in [2.24, 2.45) is 0 Å². The molecule has 23 heavy (non-hydrogen) atoms. The lowest BCUT2D eigenvalue weighted by atomic mass is 10.1. The van der Waals surface area contributed by atoms with Crippen LogP contribution in [-0.4, -0.2) is 35.6 Å². The summed E-state index contributed by atoms with van der Waals surface area (Å²) in [6.07, 6.45) is 5.74. The van der Waals surface area contributed by atoms with Crippen molar-refractivity contribution in [2.75, 3.05) is 30.3 Å². The van der Waals surface area contributed by atoms with E-state index < -0.39 is 10.9 Å². The molecule has 1 aliphatic rings. The van der Waals surface area contributed by atoms with Crippen LogP contribution in [0.4, 0.5) is 11.4 Å². The Hall–Kier alpha value is -2.21. The van der Waals surface area contributed by atoms with Gasteiger partial charge in [0.05, 0.1) is 0 Å². The Balaban J connectivity index is 1.61. The summed E-state index contributed by atoms with van der Waals surface area (Å²) in [7, 11) is 0. The second-order valence-corrected chi connectivity index (χ2v) is 5.92. The maximum Gasteiger partial charge on any atom is 0.253 e. The van der Waals surface area contributed by atoms with E-state index in [2.05, 4.69) is 27.4 Å². The molecule has 1 fully saturated rings. The molecule has 3 rings (SSSR count). The first-order valence-electron chi connectivity index (χ1n) is 8.14. The number of likely N-dealkylation sites (N-methyl/N-ethyl adjacent to an activating group) is 1. The van der Waals surface area contributed by atoms with E-state index in [1.165, 1.54) is 6.42 Å². The monoisotopic (exact) mass is 314 g/mol. The number of likely N-dealkylation sites (tertiary alicyclic amines) is 1. The topological polar surface area (TPSA) is 74.3 Å². The van der Waals surface area contributed by atoms with Gasteiger partial charge in [-0.1, -0.05) is 6.92 Å². The number of nitrogens with one attached hydrogen (secondary N) is 2. The van der Waals surface area contributed by atoms with Crippen LogP contribution in [0.15, 0.2) is 34.1 Å². The molecule has 0 aliphatic carbocycles. The van der Waals surface area contributed by atoms with Crippen LogP contribution in [0.5, 0.6) is 0 Å². The molecule has 6 heteroatoms. The van der Waals surface area contributed by atoms with Crippen LogP contribution >= 0.6 is 0 Å². The molecule has 1 saturated heterocycles. The van der Waals surface area contributed by atoms with E-state index >= 15 is 0 Å². The molecule has 2 aromatic rings. The van der Waals surface area contributed by atoms with E-state index in [4.69, 9.17) is 0 Å². The lowest BCUT2D eigenvalue weighted by Crippen LogP contribution is -2.41. The SMILES string of the molecule is CCN1CCCC1CNc1c(NCc2ccncc2)c(=O)c1=O. The van der Waals surface area contributed by atoms with Gasteiger partial charge in [0.1, 0.15) is 11.4 Å². The molecular weight excluding hydrogens is 292 g/mol. The number of pyridine rings is 1. The van der Waals surface area contributed by atoms with Crippen molar-refractivity contribution in [3.05, 3.63) is 50.5 Å². The van der Waals surface area contributed by atoms with E-state index in [1.54, 1.807) is 12.4 Å². The molecule has 1 aliphatic heterocycles. The number of anilines is 2. The Morgan fingerprint density at radius 1 is 1.17 bits per heavy atom. The summed E-state index contributed by atoms with van der Waals surface area (Å²) in [4.78, 5) is 29.9. The first kappa shape index (κ1) is 15.7. The van der Waals surface area contributed by atoms with Crippen molar-refractivity contribution < 1.29 is 0 Å². The van der Waals surface area contributed by atoms with E-state index in [-0.39, 0.29) is 0 Å². The molecule has 0 saturated carbocycles. The van der Waals surface area contributed by atoms with Gasteiger partial charge in [0, 0.05) is 31.5 Å². The van der Waals surface area contributed by atoms with Gasteiger partial charge < -0.3 is 10.6 Å². The summed E-state index contributed by atoms with van der Waals surface area (Å²) >= 11 is 0. The zero-order valence-electron chi connectivity index (χ0n) is 13.3. The van der Waals surface area contributed by atoms with E-state index in [9.17, 15) is 9.59 Å². The normalized spacial score (nSPS) is 18.4. The van der Waals surface area contributed by atoms with E-state index in [0.717, 1.165) is 25.1 Å².